The molecule has 0 aliphatic carbocycles. The second kappa shape index (κ2) is 1.99. The van der Waals surface area contributed by atoms with E-state index in [4.69, 9.17) is 5.73 Å². The number of rotatable bonds is 0. The lowest BCUT2D eigenvalue weighted by atomic mass is 10.2. The normalized spacial score (nSPS) is 10.6. The summed E-state index contributed by atoms with van der Waals surface area (Å²) in [4.78, 5) is 2.56. The van der Waals surface area contributed by atoms with Gasteiger partial charge in [0.2, 0.25) is 0 Å². The Bertz CT molecular complexity index is 392. The maximum absolute atomic E-state index is 12.6. The molecule has 3 N–H and O–H groups in total. The van der Waals surface area contributed by atoms with Crippen LogP contribution in [0.2, 0.25) is 0 Å². The molecule has 0 spiro atoms. The van der Waals surface area contributed by atoms with Crippen molar-refractivity contribution in [3.8, 4) is 0 Å². The fourth-order valence-electron chi connectivity index (χ4n) is 1.12. The number of H-pyrrole nitrogens is 1. The summed E-state index contributed by atoms with van der Waals surface area (Å²) in [7, 11) is 0. The van der Waals surface area contributed by atoms with E-state index in [2.05, 4.69) is 4.98 Å². The zero-order valence-electron chi connectivity index (χ0n) is 5.76. The van der Waals surface area contributed by atoms with Gasteiger partial charge in [0.25, 0.3) is 0 Å². The lowest BCUT2D eigenvalue weighted by Gasteiger charge is -1.90. The average Bonchev–Trinajstić information content (AvgIpc) is 2.27. The first kappa shape index (κ1) is 6.22. The Hall–Kier alpha value is -1.51. The third kappa shape index (κ3) is 0.941. The maximum Gasteiger partial charge on any atom is 0.192 e. The molecule has 1 aromatic carbocycles. The number of anilines is 1. The van der Waals surface area contributed by atoms with Gasteiger partial charge < -0.3 is 10.7 Å². The quantitative estimate of drug-likeness (QED) is 0.553. The van der Waals surface area contributed by atoms with E-state index < -0.39 is 0 Å². The lowest BCUT2D eigenvalue weighted by molar-refractivity contribution is 0.595. The molecule has 1 heterocycles. The number of nitrogen functional groups attached to an aromatic ring is 1. The molecule has 3 heteroatoms. The number of halogens is 1. The second-order valence-electron chi connectivity index (χ2n) is 2.46. The van der Waals surface area contributed by atoms with Crippen LogP contribution in [0, 0.1) is 5.95 Å². The van der Waals surface area contributed by atoms with E-state index in [1.165, 1.54) is 6.07 Å². The van der Waals surface area contributed by atoms with Crippen molar-refractivity contribution in [1.82, 2.24) is 4.98 Å². The molecule has 0 aliphatic rings. The van der Waals surface area contributed by atoms with Crippen molar-refractivity contribution >= 4 is 16.6 Å². The predicted molar refractivity (Wildman–Crippen MR) is 42.7 cm³/mol. The van der Waals surface area contributed by atoms with Gasteiger partial charge in [-0.2, -0.15) is 4.39 Å². The Balaban J connectivity index is 2.82. The van der Waals surface area contributed by atoms with E-state index in [0.717, 1.165) is 10.9 Å². The third-order valence-electron chi connectivity index (χ3n) is 1.61. The average molecular weight is 150 g/mol. The molecule has 0 saturated heterocycles. The minimum absolute atomic E-state index is 0.328. The summed E-state index contributed by atoms with van der Waals surface area (Å²) in [5.74, 6) is -0.328. The lowest BCUT2D eigenvalue weighted by Crippen LogP contribution is -1.81. The summed E-state index contributed by atoms with van der Waals surface area (Å²) in [6, 6.07) is 6.65. The van der Waals surface area contributed by atoms with Gasteiger partial charge >= 0.3 is 0 Å². The molecule has 11 heavy (non-hydrogen) atoms. The van der Waals surface area contributed by atoms with Crippen molar-refractivity contribution in [3.05, 3.63) is 30.2 Å². The first-order chi connectivity index (χ1) is 5.25. The molecule has 2 rings (SSSR count). The van der Waals surface area contributed by atoms with Crippen LogP contribution < -0.4 is 5.73 Å². The van der Waals surface area contributed by atoms with Crippen LogP contribution in [0.25, 0.3) is 10.9 Å². The van der Waals surface area contributed by atoms with Crippen LogP contribution in [0.4, 0.5) is 10.1 Å². The standard InChI is InChI=1S/C8H7FN2/c9-8-4-5-3-6(10)1-2-7(5)11-8/h1-4,11H,10H2. The number of aromatic amines is 1. The van der Waals surface area contributed by atoms with Gasteiger partial charge in [0.15, 0.2) is 5.95 Å². The number of nitrogens with one attached hydrogen (secondary N) is 1. The van der Waals surface area contributed by atoms with Crippen LogP contribution in [0.1, 0.15) is 0 Å². The topological polar surface area (TPSA) is 41.8 Å². The third-order valence-corrected chi connectivity index (χ3v) is 1.61. The monoisotopic (exact) mass is 150 g/mol. The van der Waals surface area contributed by atoms with Gasteiger partial charge in [0.05, 0.1) is 0 Å². The molecule has 0 radical (unpaired) electrons. The maximum atomic E-state index is 12.6. The van der Waals surface area contributed by atoms with Crippen molar-refractivity contribution in [2.75, 3.05) is 5.73 Å². The summed E-state index contributed by atoms with van der Waals surface area (Å²) >= 11 is 0. The van der Waals surface area contributed by atoms with Crippen LogP contribution in [0.15, 0.2) is 24.3 Å². The van der Waals surface area contributed by atoms with Gasteiger partial charge in [0.1, 0.15) is 0 Å². The SMILES string of the molecule is Nc1ccc2[nH]c(F)cc2c1. The Kier molecular flexibility index (Phi) is 1.12. The first-order valence-corrected chi connectivity index (χ1v) is 3.29. The van der Waals surface area contributed by atoms with E-state index in [-0.39, 0.29) is 5.95 Å². The molecule has 2 aromatic rings. The number of nitrogens with two attached hydrogens (primary N) is 1. The summed E-state index contributed by atoms with van der Waals surface area (Å²) in [5, 5.41) is 0.808. The number of benzene rings is 1. The smallest absolute Gasteiger partial charge is 0.192 e. The fourth-order valence-corrected chi connectivity index (χ4v) is 1.12. The number of aromatic nitrogens is 1. The Morgan fingerprint density at radius 3 is 2.91 bits per heavy atom. The minimum atomic E-state index is -0.328. The van der Waals surface area contributed by atoms with Crippen LogP contribution in [-0.2, 0) is 0 Å². The first-order valence-electron chi connectivity index (χ1n) is 3.29. The van der Waals surface area contributed by atoms with Crippen molar-refractivity contribution in [1.29, 1.82) is 0 Å². The van der Waals surface area contributed by atoms with Crippen LogP contribution >= 0.6 is 0 Å². The largest absolute Gasteiger partial charge is 0.399 e. The minimum Gasteiger partial charge on any atom is -0.399 e. The van der Waals surface area contributed by atoms with Gasteiger partial charge in [-0.15, -0.1) is 0 Å². The molecule has 0 bridgehead atoms. The molecule has 0 aliphatic heterocycles. The highest BCUT2D eigenvalue weighted by molar-refractivity contribution is 5.82. The predicted octanol–water partition coefficient (Wildman–Crippen LogP) is 1.89. The van der Waals surface area contributed by atoms with Crippen LogP contribution in [0.3, 0.4) is 0 Å². The van der Waals surface area contributed by atoms with E-state index in [0.29, 0.717) is 5.69 Å². The summed E-state index contributed by atoms with van der Waals surface area (Å²) in [5.41, 5.74) is 6.92. The Morgan fingerprint density at radius 2 is 2.09 bits per heavy atom. The van der Waals surface area contributed by atoms with Gasteiger partial charge in [0, 0.05) is 22.7 Å². The second-order valence-corrected chi connectivity index (χ2v) is 2.46. The van der Waals surface area contributed by atoms with E-state index in [1.54, 1.807) is 18.2 Å². The molecule has 1 aromatic heterocycles. The highest BCUT2D eigenvalue weighted by Crippen LogP contribution is 2.16. The van der Waals surface area contributed by atoms with Crippen molar-refractivity contribution < 1.29 is 4.39 Å². The molecule has 56 valence electrons. The van der Waals surface area contributed by atoms with Crippen molar-refractivity contribution in [3.63, 3.8) is 0 Å². The molecular formula is C8H7FN2. The number of hydrogen-bond acceptors (Lipinski definition) is 1. The van der Waals surface area contributed by atoms with E-state index in [1.807, 2.05) is 0 Å². The Labute approximate surface area is 62.8 Å². The highest BCUT2D eigenvalue weighted by Gasteiger charge is 1.98. The Morgan fingerprint density at radius 1 is 1.27 bits per heavy atom. The van der Waals surface area contributed by atoms with Crippen molar-refractivity contribution in [2.24, 2.45) is 0 Å². The molecule has 0 unspecified atom stereocenters. The molecule has 2 nitrogen and oxygen atoms in total. The van der Waals surface area contributed by atoms with Crippen molar-refractivity contribution in [2.45, 2.75) is 0 Å². The zero-order valence-corrected chi connectivity index (χ0v) is 5.76. The number of hydrogen-bond donors (Lipinski definition) is 2. The molecule has 0 amide bonds. The van der Waals surface area contributed by atoms with E-state index in [9.17, 15) is 4.39 Å². The number of fused-ring (bicyclic) bond motifs is 1. The fraction of sp³-hybridized carbons (Fsp3) is 0. The summed E-state index contributed by atoms with van der Waals surface area (Å²) in [6.07, 6.45) is 0. The zero-order chi connectivity index (χ0) is 7.84. The summed E-state index contributed by atoms with van der Waals surface area (Å²) < 4.78 is 12.6. The van der Waals surface area contributed by atoms with E-state index >= 15 is 0 Å². The van der Waals surface area contributed by atoms with Crippen LogP contribution in [0.5, 0.6) is 0 Å². The van der Waals surface area contributed by atoms with Crippen LogP contribution in [-0.4, -0.2) is 4.98 Å². The van der Waals surface area contributed by atoms with Gasteiger partial charge in [-0.05, 0) is 18.2 Å². The highest BCUT2D eigenvalue weighted by atomic mass is 19.1. The summed E-state index contributed by atoms with van der Waals surface area (Å²) in [6.45, 7) is 0. The molecule has 0 fully saturated rings. The molecular weight excluding hydrogens is 143 g/mol. The van der Waals surface area contributed by atoms with Gasteiger partial charge in [-0.1, -0.05) is 0 Å². The molecule has 0 atom stereocenters. The molecule has 0 saturated carbocycles. The van der Waals surface area contributed by atoms with Gasteiger partial charge in [-0.25, -0.2) is 0 Å². The van der Waals surface area contributed by atoms with Gasteiger partial charge in [-0.3, -0.25) is 0 Å².